The number of nitrogens with zero attached hydrogens (tertiary/aromatic N) is 1. The second-order valence-corrected chi connectivity index (χ2v) is 9.41. The average molecular weight is 514 g/mol. The highest BCUT2D eigenvalue weighted by molar-refractivity contribution is 5.97. The first-order valence-electron chi connectivity index (χ1n) is 11.9. The van der Waals surface area contributed by atoms with Gasteiger partial charge in [0, 0.05) is 24.6 Å². The molecule has 1 heterocycles. The van der Waals surface area contributed by atoms with Gasteiger partial charge in [0.2, 0.25) is 5.60 Å². The first-order valence-corrected chi connectivity index (χ1v) is 11.9. The van der Waals surface area contributed by atoms with Gasteiger partial charge in [0.25, 0.3) is 5.91 Å². The van der Waals surface area contributed by atoms with E-state index in [1.807, 2.05) is 36.4 Å². The standard InChI is InChI=1S/C20H20N2O2.C10H11NO3/c1-20(2,13-22)17-9-7-14(8-10-17)16(12-21)11-15-5-3-4-6-18(15)19(23)24;1-13-10(9(11)12)6-14-8-5-3-2-4-7(8)10/h3-11H,13,22H2,1-2H3,(H,23,24);2-5H,6H2,1H3,(H2,11,12)/b16-11+;. The van der Waals surface area contributed by atoms with Crippen LogP contribution in [0.5, 0.6) is 5.75 Å². The minimum Gasteiger partial charge on any atom is -0.489 e. The zero-order chi connectivity index (χ0) is 27.9. The molecule has 0 saturated heterocycles. The van der Waals surface area contributed by atoms with Crippen LogP contribution >= 0.6 is 0 Å². The largest absolute Gasteiger partial charge is 0.489 e. The van der Waals surface area contributed by atoms with Crippen LogP contribution in [0.3, 0.4) is 0 Å². The molecule has 1 unspecified atom stereocenters. The third-order valence-corrected chi connectivity index (χ3v) is 6.60. The molecule has 0 fully saturated rings. The minimum absolute atomic E-state index is 0.134. The van der Waals surface area contributed by atoms with Gasteiger partial charge in [0.05, 0.1) is 17.2 Å². The third kappa shape index (κ3) is 5.75. The Morgan fingerprint density at radius 1 is 1.11 bits per heavy atom. The van der Waals surface area contributed by atoms with E-state index in [1.165, 1.54) is 13.2 Å². The highest BCUT2D eigenvalue weighted by atomic mass is 16.6. The fourth-order valence-corrected chi connectivity index (χ4v) is 4.03. The van der Waals surface area contributed by atoms with Crippen molar-refractivity contribution in [1.29, 1.82) is 5.26 Å². The molecule has 0 radical (unpaired) electrons. The first kappa shape index (κ1) is 28.1. The number of carbonyl (C=O) groups is 2. The predicted molar refractivity (Wildman–Crippen MR) is 145 cm³/mol. The van der Waals surface area contributed by atoms with Gasteiger partial charge in [-0.05, 0) is 34.9 Å². The molecular formula is C30H31N3O5. The summed E-state index contributed by atoms with van der Waals surface area (Å²) >= 11 is 0. The molecule has 1 amide bonds. The molecule has 4 rings (SSSR count). The Kier molecular flexibility index (Phi) is 8.68. The highest BCUT2D eigenvalue weighted by Crippen LogP contribution is 2.38. The maximum absolute atomic E-state index is 11.3. The van der Waals surface area contributed by atoms with Crippen LogP contribution in [0.25, 0.3) is 11.6 Å². The molecule has 1 atom stereocenters. The van der Waals surface area contributed by atoms with Crippen LogP contribution < -0.4 is 16.2 Å². The summed E-state index contributed by atoms with van der Waals surface area (Å²) in [6.07, 6.45) is 1.60. The van der Waals surface area contributed by atoms with Crippen LogP contribution in [-0.4, -0.2) is 37.2 Å². The summed E-state index contributed by atoms with van der Waals surface area (Å²) in [4.78, 5) is 22.6. The number of carbonyl (C=O) groups excluding carboxylic acids is 1. The van der Waals surface area contributed by atoms with Crippen molar-refractivity contribution in [3.63, 3.8) is 0 Å². The molecule has 38 heavy (non-hydrogen) atoms. The number of benzene rings is 3. The van der Waals surface area contributed by atoms with Gasteiger partial charge in [-0.2, -0.15) is 5.26 Å². The van der Waals surface area contributed by atoms with Gasteiger partial charge in [-0.15, -0.1) is 0 Å². The summed E-state index contributed by atoms with van der Waals surface area (Å²) in [7, 11) is 1.45. The molecule has 3 aromatic rings. The molecule has 8 heteroatoms. The number of carboxylic acid groups (broad SMARTS) is 1. The molecule has 1 aliphatic heterocycles. The van der Waals surface area contributed by atoms with Crippen molar-refractivity contribution in [1.82, 2.24) is 0 Å². The lowest BCUT2D eigenvalue weighted by Crippen LogP contribution is -2.44. The molecule has 0 saturated carbocycles. The van der Waals surface area contributed by atoms with Gasteiger partial charge in [-0.25, -0.2) is 4.79 Å². The number of hydrogen-bond donors (Lipinski definition) is 3. The minimum atomic E-state index is -1.11. The van der Waals surface area contributed by atoms with Crippen LogP contribution in [0.2, 0.25) is 0 Å². The summed E-state index contributed by atoms with van der Waals surface area (Å²) in [5.41, 5.74) is 13.5. The van der Waals surface area contributed by atoms with Gasteiger partial charge >= 0.3 is 5.97 Å². The fourth-order valence-electron chi connectivity index (χ4n) is 4.03. The Labute approximate surface area is 222 Å². The average Bonchev–Trinajstić information content (AvgIpc) is 3.32. The number of rotatable bonds is 7. The highest BCUT2D eigenvalue weighted by Gasteiger charge is 2.46. The molecule has 1 aliphatic rings. The quantitative estimate of drug-likeness (QED) is 0.318. The van der Waals surface area contributed by atoms with Gasteiger partial charge in [0.15, 0.2) is 0 Å². The van der Waals surface area contributed by atoms with Crippen molar-refractivity contribution >= 4 is 23.5 Å². The van der Waals surface area contributed by atoms with E-state index in [2.05, 4.69) is 19.9 Å². The van der Waals surface area contributed by atoms with E-state index < -0.39 is 17.5 Å². The van der Waals surface area contributed by atoms with E-state index in [9.17, 15) is 20.0 Å². The number of primary amides is 1. The Balaban J connectivity index is 0.000000241. The number of carboxylic acids is 1. The van der Waals surface area contributed by atoms with Crippen molar-refractivity contribution in [2.45, 2.75) is 24.9 Å². The van der Waals surface area contributed by atoms with Crippen LogP contribution in [0.15, 0.2) is 72.8 Å². The second kappa shape index (κ2) is 11.7. The number of nitrogens with two attached hydrogens (primary N) is 2. The van der Waals surface area contributed by atoms with Gasteiger partial charge < -0.3 is 26.0 Å². The first-order chi connectivity index (χ1) is 18.1. The van der Waals surface area contributed by atoms with E-state index in [1.54, 1.807) is 36.4 Å². The summed E-state index contributed by atoms with van der Waals surface area (Å²) < 4.78 is 10.5. The van der Waals surface area contributed by atoms with Crippen molar-refractivity contribution < 1.29 is 24.2 Å². The van der Waals surface area contributed by atoms with Crippen LogP contribution in [0, 0.1) is 11.3 Å². The number of methoxy groups -OCH3 is 1. The lowest BCUT2D eigenvalue weighted by atomic mass is 9.84. The SMILES string of the molecule is CC(C)(CN)c1ccc(/C(C#N)=C/c2ccccc2C(=O)O)cc1.COC1(C(N)=O)COc2ccccc21. The zero-order valence-corrected chi connectivity index (χ0v) is 21.6. The Hall–Kier alpha value is -4.45. The monoisotopic (exact) mass is 513 g/mol. The summed E-state index contributed by atoms with van der Waals surface area (Å²) in [6.45, 7) is 4.80. The lowest BCUT2D eigenvalue weighted by molar-refractivity contribution is -0.142. The second-order valence-electron chi connectivity index (χ2n) is 9.41. The molecule has 196 valence electrons. The fraction of sp³-hybridized carbons (Fsp3) is 0.233. The van der Waals surface area contributed by atoms with Crippen LogP contribution in [0.1, 0.15) is 46.5 Å². The zero-order valence-electron chi connectivity index (χ0n) is 21.6. The number of para-hydroxylation sites is 1. The van der Waals surface area contributed by atoms with E-state index in [-0.39, 0.29) is 17.6 Å². The topological polar surface area (TPSA) is 149 Å². The van der Waals surface area contributed by atoms with Gasteiger partial charge in [-0.3, -0.25) is 4.79 Å². The molecule has 0 bridgehead atoms. The van der Waals surface area contributed by atoms with Crippen molar-refractivity contribution in [2.24, 2.45) is 11.5 Å². The molecular weight excluding hydrogens is 482 g/mol. The van der Waals surface area contributed by atoms with Gasteiger partial charge in [0.1, 0.15) is 12.4 Å². The number of amides is 1. The summed E-state index contributed by atoms with van der Waals surface area (Å²) in [5, 5.41) is 18.7. The number of allylic oxidation sites excluding steroid dienone is 1. The summed E-state index contributed by atoms with van der Waals surface area (Å²) in [5.74, 6) is -0.878. The van der Waals surface area contributed by atoms with Crippen LogP contribution in [0.4, 0.5) is 0 Å². The molecule has 0 aliphatic carbocycles. The Morgan fingerprint density at radius 3 is 2.32 bits per heavy atom. The molecule has 0 aromatic heterocycles. The number of nitriles is 1. The molecule has 0 spiro atoms. The Bertz CT molecular complexity index is 1390. The summed E-state index contributed by atoms with van der Waals surface area (Å²) in [6, 6.07) is 23.7. The maximum Gasteiger partial charge on any atom is 0.336 e. The van der Waals surface area contributed by atoms with Crippen LogP contribution in [-0.2, 0) is 20.5 Å². The number of fused-ring (bicyclic) bond motifs is 1. The lowest BCUT2D eigenvalue weighted by Gasteiger charge is -2.23. The third-order valence-electron chi connectivity index (χ3n) is 6.60. The van der Waals surface area contributed by atoms with E-state index >= 15 is 0 Å². The maximum atomic E-state index is 11.3. The molecule has 5 N–H and O–H groups in total. The smallest absolute Gasteiger partial charge is 0.336 e. The van der Waals surface area contributed by atoms with E-state index in [0.717, 1.165) is 11.1 Å². The normalized spacial score (nSPS) is 16.3. The molecule has 8 nitrogen and oxygen atoms in total. The predicted octanol–water partition coefficient (Wildman–Crippen LogP) is 4.09. The van der Waals surface area contributed by atoms with Crippen molar-refractivity contribution in [3.05, 3.63) is 101 Å². The van der Waals surface area contributed by atoms with E-state index in [0.29, 0.717) is 29.0 Å². The molecule has 3 aromatic carbocycles. The number of aromatic carboxylic acids is 1. The Morgan fingerprint density at radius 2 is 1.74 bits per heavy atom. The number of ether oxygens (including phenoxy) is 2. The van der Waals surface area contributed by atoms with Crippen molar-refractivity contribution in [2.75, 3.05) is 20.3 Å². The van der Waals surface area contributed by atoms with E-state index in [4.69, 9.17) is 20.9 Å². The van der Waals surface area contributed by atoms with Gasteiger partial charge in [-0.1, -0.05) is 74.5 Å². The number of hydrogen-bond acceptors (Lipinski definition) is 6. The van der Waals surface area contributed by atoms with Crippen molar-refractivity contribution in [3.8, 4) is 11.8 Å².